The van der Waals surface area contributed by atoms with Gasteiger partial charge in [-0.15, -0.1) is 0 Å². The van der Waals surface area contributed by atoms with Crippen LogP contribution >= 0.6 is 11.8 Å². The molecule has 2 aliphatic heterocycles. The van der Waals surface area contributed by atoms with E-state index < -0.39 is 0 Å². The molecule has 0 saturated carbocycles. The molecule has 0 bridgehead atoms. The van der Waals surface area contributed by atoms with Gasteiger partial charge in [0.25, 0.3) is 0 Å². The fourth-order valence-corrected chi connectivity index (χ4v) is 10.1. The van der Waals surface area contributed by atoms with Crippen LogP contribution in [0.1, 0.15) is 22.3 Å². The van der Waals surface area contributed by atoms with E-state index in [1.807, 2.05) is 0 Å². The summed E-state index contributed by atoms with van der Waals surface area (Å²) in [6.07, 6.45) is 0. The van der Waals surface area contributed by atoms with Crippen LogP contribution in [0.5, 0.6) is 0 Å². The molecule has 7 rings (SSSR count). The van der Waals surface area contributed by atoms with Crippen molar-refractivity contribution in [2.24, 2.45) is 0 Å². The number of thioether (sulfide) groups is 1. The Labute approximate surface area is 175 Å². The molecule has 0 nitrogen and oxygen atoms in total. The minimum atomic E-state index is -0.0110. The van der Waals surface area contributed by atoms with E-state index in [-0.39, 0.29) is 9.49 Å². The fraction of sp³-hybridized carbons (Fsp3) is 0.0769. The maximum absolute atomic E-state index is 2.39. The standard InChI is InChI=1S/C26H16SSe/c1-3-11-19-17(9-1)18-10-2-4-12-20(18)25(19)26(27-25)21-13-5-7-15-23(21)28-24-16-8-6-14-22(24)26/h1-16H. The van der Waals surface area contributed by atoms with Crippen LogP contribution in [0.25, 0.3) is 11.1 Å². The first-order valence-corrected chi connectivity index (χ1v) is 12.2. The Hall–Kier alpha value is -2.25. The summed E-state index contributed by atoms with van der Waals surface area (Å²) < 4.78 is 3.06. The zero-order valence-electron chi connectivity index (χ0n) is 15.1. The van der Waals surface area contributed by atoms with Crippen molar-refractivity contribution in [1.29, 1.82) is 0 Å². The van der Waals surface area contributed by atoms with E-state index in [1.54, 1.807) is 8.92 Å². The second-order valence-corrected chi connectivity index (χ2v) is 11.4. The first-order valence-electron chi connectivity index (χ1n) is 9.63. The van der Waals surface area contributed by atoms with Gasteiger partial charge in [-0.3, -0.25) is 0 Å². The summed E-state index contributed by atoms with van der Waals surface area (Å²) in [6, 6.07) is 36.5. The molecule has 0 amide bonds. The number of rotatable bonds is 0. The van der Waals surface area contributed by atoms with Gasteiger partial charge in [0.2, 0.25) is 0 Å². The van der Waals surface area contributed by atoms with Crippen molar-refractivity contribution in [1.82, 2.24) is 0 Å². The van der Waals surface area contributed by atoms with Crippen molar-refractivity contribution in [2.75, 3.05) is 0 Å². The van der Waals surface area contributed by atoms with Crippen molar-refractivity contribution in [3.8, 4) is 11.1 Å². The summed E-state index contributed by atoms with van der Waals surface area (Å²) in [6.45, 7) is 0. The fourth-order valence-electron chi connectivity index (χ4n) is 5.33. The molecular weight excluding hydrogens is 423 g/mol. The summed E-state index contributed by atoms with van der Waals surface area (Å²) in [5.74, 6) is 0. The molecule has 1 saturated heterocycles. The van der Waals surface area contributed by atoms with E-state index in [1.165, 1.54) is 33.4 Å². The molecule has 0 atom stereocenters. The normalized spacial score (nSPS) is 18.3. The van der Waals surface area contributed by atoms with Gasteiger partial charge in [-0.25, -0.2) is 0 Å². The molecule has 0 N–H and O–H groups in total. The molecule has 0 unspecified atom stereocenters. The van der Waals surface area contributed by atoms with Gasteiger partial charge in [-0.05, 0) is 0 Å². The van der Waals surface area contributed by atoms with E-state index in [9.17, 15) is 0 Å². The topological polar surface area (TPSA) is 0 Å². The van der Waals surface area contributed by atoms with E-state index >= 15 is 0 Å². The molecule has 2 spiro atoms. The van der Waals surface area contributed by atoms with Crippen LogP contribution in [0.2, 0.25) is 0 Å². The van der Waals surface area contributed by atoms with Gasteiger partial charge in [-0.1, -0.05) is 0 Å². The molecule has 0 radical (unpaired) electrons. The number of hydrogen-bond acceptors (Lipinski definition) is 1. The van der Waals surface area contributed by atoms with Crippen LogP contribution in [0, 0.1) is 0 Å². The first-order chi connectivity index (χ1) is 13.9. The monoisotopic (exact) mass is 440 g/mol. The van der Waals surface area contributed by atoms with Gasteiger partial charge in [0.05, 0.1) is 0 Å². The number of fused-ring (bicyclic) bond motifs is 10. The van der Waals surface area contributed by atoms with Crippen molar-refractivity contribution in [2.45, 2.75) is 9.49 Å². The molecule has 2 heteroatoms. The van der Waals surface area contributed by atoms with Gasteiger partial charge in [0.1, 0.15) is 0 Å². The van der Waals surface area contributed by atoms with E-state index in [0.29, 0.717) is 15.0 Å². The minimum absolute atomic E-state index is 0.0110. The SMILES string of the molecule is c1ccc2c(c1)[Se]c1ccccc1C21SC12c1ccccc1-c1ccccc12. The van der Waals surface area contributed by atoms with E-state index in [2.05, 4.69) is 109 Å². The van der Waals surface area contributed by atoms with Crippen molar-refractivity contribution in [3.63, 3.8) is 0 Å². The average molecular weight is 439 g/mol. The third-order valence-electron chi connectivity index (χ3n) is 6.42. The van der Waals surface area contributed by atoms with Crippen LogP contribution < -0.4 is 8.92 Å². The third kappa shape index (κ3) is 1.63. The second-order valence-electron chi connectivity index (χ2n) is 7.65. The Balaban J connectivity index is 1.62. The van der Waals surface area contributed by atoms with Gasteiger partial charge in [0, 0.05) is 0 Å². The zero-order chi connectivity index (χ0) is 18.3. The molecule has 0 aromatic heterocycles. The number of hydrogen-bond donors (Lipinski definition) is 0. The quantitative estimate of drug-likeness (QED) is 0.286. The predicted octanol–water partition coefficient (Wildman–Crippen LogP) is 4.57. The summed E-state index contributed by atoms with van der Waals surface area (Å²) in [5.41, 5.74) is 8.86. The molecule has 28 heavy (non-hydrogen) atoms. The molecule has 4 aromatic rings. The Morgan fingerprint density at radius 1 is 0.464 bits per heavy atom. The van der Waals surface area contributed by atoms with Crippen molar-refractivity contribution in [3.05, 3.63) is 119 Å². The Morgan fingerprint density at radius 2 is 0.857 bits per heavy atom. The molecule has 1 fully saturated rings. The Bertz CT molecular complexity index is 1200. The molecule has 2 heterocycles. The third-order valence-corrected chi connectivity index (χ3v) is 10.7. The summed E-state index contributed by atoms with van der Waals surface area (Å²) in [4.78, 5) is 0. The summed E-state index contributed by atoms with van der Waals surface area (Å²) in [7, 11) is 0. The average Bonchev–Trinajstić information content (AvgIpc) is 3.36. The summed E-state index contributed by atoms with van der Waals surface area (Å²) >= 11 is 2.53. The number of benzene rings is 4. The Morgan fingerprint density at radius 3 is 1.39 bits per heavy atom. The van der Waals surface area contributed by atoms with Crippen LogP contribution in [0.4, 0.5) is 0 Å². The van der Waals surface area contributed by atoms with Gasteiger partial charge in [-0.2, -0.15) is 0 Å². The van der Waals surface area contributed by atoms with Crippen molar-refractivity contribution < 1.29 is 0 Å². The molecule has 4 aromatic carbocycles. The van der Waals surface area contributed by atoms with Crippen LogP contribution in [0.3, 0.4) is 0 Å². The van der Waals surface area contributed by atoms with Gasteiger partial charge in [0.15, 0.2) is 0 Å². The predicted molar refractivity (Wildman–Crippen MR) is 119 cm³/mol. The van der Waals surface area contributed by atoms with E-state index in [4.69, 9.17) is 0 Å². The molecular formula is C26H16SSe. The second kappa shape index (κ2) is 5.21. The van der Waals surface area contributed by atoms with Crippen LogP contribution in [0.15, 0.2) is 97.1 Å². The first kappa shape index (κ1) is 15.6. The van der Waals surface area contributed by atoms with Crippen molar-refractivity contribution >= 4 is 35.6 Å². The van der Waals surface area contributed by atoms with E-state index in [0.717, 1.165) is 0 Å². The van der Waals surface area contributed by atoms with Crippen LogP contribution in [-0.4, -0.2) is 15.0 Å². The molecule has 132 valence electrons. The zero-order valence-corrected chi connectivity index (χ0v) is 17.6. The summed E-state index contributed by atoms with van der Waals surface area (Å²) in [5, 5.41) is 0. The molecule has 3 aliphatic rings. The maximum atomic E-state index is 2.39. The Kier molecular flexibility index (Phi) is 2.91. The van der Waals surface area contributed by atoms with Gasteiger partial charge >= 0.3 is 176 Å². The van der Waals surface area contributed by atoms with Gasteiger partial charge < -0.3 is 0 Å². The molecule has 1 aliphatic carbocycles. The van der Waals surface area contributed by atoms with Crippen LogP contribution in [-0.2, 0) is 9.49 Å².